The number of halogens is 2. The van der Waals surface area contributed by atoms with Crippen molar-refractivity contribution in [3.05, 3.63) is 47.8 Å². The summed E-state index contributed by atoms with van der Waals surface area (Å²) in [6, 6.07) is 4.09. The minimum Gasteiger partial charge on any atom is -0.334 e. The van der Waals surface area contributed by atoms with Crippen LogP contribution in [0.4, 0.5) is 10.1 Å². The molecular formula is C13H13ClFN3O. The van der Waals surface area contributed by atoms with E-state index in [2.05, 4.69) is 10.3 Å². The van der Waals surface area contributed by atoms with Crippen LogP contribution in [0.5, 0.6) is 0 Å². The van der Waals surface area contributed by atoms with Crippen LogP contribution in [-0.2, 0) is 4.79 Å². The summed E-state index contributed by atoms with van der Waals surface area (Å²) in [6.07, 6.45) is 5.30. The topological polar surface area (TPSA) is 46.9 Å². The average molecular weight is 282 g/mol. The van der Waals surface area contributed by atoms with E-state index >= 15 is 0 Å². The van der Waals surface area contributed by atoms with Crippen molar-refractivity contribution in [1.82, 2.24) is 9.55 Å². The summed E-state index contributed by atoms with van der Waals surface area (Å²) in [5.41, 5.74) is 0.132. The number of rotatable bonds is 4. The Labute approximate surface area is 115 Å². The molecule has 0 saturated carbocycles. The van der Waals surface area contributed by atoms with Crippen LogP contribution in [0, 0.1) is 5.82 Å². The molecule has 1 aromatic heterocycles. The SMILES string of the molecule is C[C@@H](CC(=O)Nc1ccc(Cl)cc1F)n1ccnc1. The Bertz CT molecular complexity index is 571. The molecule has 1 amide bonds. The summed E-state index contributed by atoms with van der Waals surface area (Å²) in [6.45, 7) is 1.89. The van der Waals surface area contributed by atoms with Gasteiger partial charge in [0, 0.05) is 29.9 Å². The second-order valence-electron chi connectivity index (χ2n) is 4.24. The average Bonchev–Trinajstić information content (AvgIpc) is 2.86. The van der Waals surface area contributed by atoms with E-state index in [1.165, 1.54) is 12.1 Å². The van der Waals surface area contributed by atoms with Crippen molar-refractivity contribution in [2.75, 3.05) is 5.32 Å². The number of aromatic nitrogens is 2. The number of anilines is 1. The van der Waals surface area contributed by atoms with Gasteiger partial charge in [-0.25, -0.2) is 9.37 Å². The molecule has 1 atom stereocenters. The molecule has 2 aromatic rings. The first-order chi connectivity index (χ1) is 9.06. The Kier molecular flexibility index (Phi) is 4.16. The number of nitrogens with zero attached hydrogens (tertiary/aromatic N) is 2. The van der Waals surface area contributed by atoms with Crippen molar-refractivity contribution in [2.24, 2.45) is 0 Å². The highest BCUT2D eigenvalue weighted by Crippen LogP contribution is 2.20. The Hall–Kier alpha value is -1.88. The van der Waals surface area contributed by atoms with E-state index in [-0.39, 0.29) is 24.1 Å². The van der Waals surface area contributed by atoms with E-state index in [1.807, 2.05) is 11.5 Å². The molecule has 0 unspecified atom stereocenters. The van der Waals surface area contributed by atoms with Crippen LogP contribution in [-0.4, -0.2) is 15.5 Å². The summed E-state index contributed by atoms with van der Waals surface area (Å²) in [5, 5.41) is 2.82. The van der Waals surface area contributed by atoms with Gasteiger partial charge in [-0.15, -0.1) is 0 Å². The fourth-order valence-electron chi connectivity index (χ4n) is 1.70. The maximum Gasteiger partial charge on any atom is 0.226 e. The Balaban J connectivity index is 1.98. The highest BCUT2D eigenvalue weighted by molar-refractivity contribution is 6.30. The van der Waals surface area contributed by atoms with E-state index in [1.54, 1.807) is 18.7 Å². The molecule has 1 heterocycles. The van der Waals surface area contributed by atoms with Gasteiger partial charge in [0.1, 0.15) is 5.82 Å². The Morgan fingerprint density at radius 3 is 3.00 bits per heavy atom. The summed E-state index contributed by atoms with van der Waals surface area (Å²) in [5.74, 6) is -0.807. The van der Waals surface area contributed by atoms with Crippen molar-refractivity contribution in [2.45, 2.75) is 19.4 Å². The van der Waals surface area contributed by atoms with Crippen molar-refractivity contribution in [1.29, 1.82) is 0 Å². The zero-order valence-corrected chi connectivity index (χ0v) is 11.1. The van der Waals surface area contributed by atoms with Crippen LogP contribution in [0.3, 0.4) is 0 Å². The fourth-order valence-corrected chi connectivity index (χ4v) is 1.85. The quantitative estimate of drug-likeness (QED) is 0.935. The van der Waals surface area contributed by atoms with Gasteiger partial charge < -0.3 is 9.88 Å². The molecule has 1 aromatic carbocycles. The first-order valence-corrected chi connectivity index (χ1v) is 6.16. The number of nitrogens with one attached hydrogen (secondary N) is 1. The molecule has 19 heavy (non-hydrogen) atoms. The first-order valence-electron chi connectivity index (χ1n) is 5.78. The van der Waals surface area contributed by atoms with Gasteiger partial charge in [-0.2, -0.15) is 0 Å². The molecule has 0 fully saturated rings. The molecule has 1 N–H and O–H groups in total. The summed E-state index contributed by atoms with van der Waals surface area (Å²) in [7, 11) is 0. The number of carbonyl (C=O) groups is 1. The predicted octanol–water partition coefficient (Wildman–Crippen LogP) is 3.27. The molecule has 0 aliphatic carbocycles. The van der Waals surface area contributed by atoms with Gasteiger partial charge in [0.15, 0.2) is 0 Å². The van der Waals surface area contributed by atoms with Gasteiger partial charge in [0.25, 0.3) is 0 Å². The largest absolute Gasteiger partial charge is 0.334 e. The van der Waals surface area contributed by atoms with E-state index in [9.17, 15) is 9.18 Å². The van der Waals surface area contributed by atoms with E-state index in [4.69, 9.17) is 11.6 Å². The normalized spacial score (nSPS) is 12.2. The van der Waals surface area contributed by atoms with E-state index in [0.717, 1.165) is 6.07 Å². The van der Waals surface area contributed by atoms with E-state index in [0.29, 0.717) is 5.02 Å². The molecule has 100 valence electrons. The monoisotopic (exact) mass is 281 g/mol. The van der Waals surface area contributed by atoms with Gasteiger partial charge in [-0.1, -0.05) is 11.6 Å². The number of carbonyl (C=O) groups excluding carboxylic acids is 1. The van der Waals surface area contributed by atoms with Crippen LogP contribution < -0.4 is 5.32 Å². The standard InChI is InChI=1S/C13H13ClFN3O/c1-9(18-5-4-16-8-18)6-13(19)17-12-3-2-10(14)7-11(12)15/h2-5,7-9H,6H2,1H3,(H,17,19)/t9-/m0/s1. The third-order valence-electron chi connectivity index (χ3n) is 2.72. The van der Waals surface area contributed by atoms with Gasteiger partial charge in [0.2, 0.25) is 5.91 Å². The van der Waals surface area contributed by atoms with Crippen molar-refractivity contribution < 1.29 is 9.18 Å². The number of amides is 1. The highest BCUT2D eigenvalue weighted by atomic mass is 35.5. The molecule has 0 aliphatic rings. The molecule has 0 spiro atoms. The molecular weight excluding hydrogens is 269 g/mol. The molecule has 0 aliphatic heterocycles. The van der Waals surface area contributed by atoms with Crippen molar-refractivity contribution >= 4 is 23.2 Å². The van der Waals surface area contributed by atoms with Gasteiger partial charge in [-0.3, -0.25) is 4.79 Å². The number of hydrogen-bond acceptors (Lipinski definition) is 2. The maximum absolute atomic E-state index is 13.5. The second-order valence-corrected chi connectivity index (χ2v) is 4.67. The van der Waals surface area contributed by atoms with Gasteiger partial charge in [-0.05, 0) is 25.1 Å². The van der Waals surface area contributed by atoms with Crippen LogP contribution >= 0.6 is 11.6 Å². The Morgan fingerprint density at radius 1 is 1.58 bits per heavy atom. The Morgan fingerprint density at radius 2 is 2.37 bits per heavy atom. The maximum atomic E-state index is 13.5. The summed E-state index contributed by atoms with van der Waals surface area (Å²) in [4.78, 5) is 15.7. The molecule has 2 rings (SSSR count). The zero-order valence-electron chi connectivity index (χ0n) is 10.3. The van der Waals surface area contributed by atoms with Gasteiger partial charge in [0.05, 0.1) is 12.0 Å². The van der Waals surface area contributed by atoms with Crippen LogP contribution in [0.15, 0.2) is 36.9 Å². The number of benzene rings is 1. The van der Waals surface area contributed by atoms with Crippen molar-refractivity contribution in [3.63, 3.8) is 0 Å². The van der Waals surface area contributed by atoms with E-state index < -0.39 is 5.82 Å². The molecule has 0 saturated heterocycles. The van der Waals surface area contributed by atoms with Crippen LogP contribution in [0.25, 0.3) is 0 Å². The summed E-state index contributed by atoms with van der Waals surface area (Å²) < 4.78 is 15.3. The predicted molar refractivity (Wildman–Crippen MR) is 71.6 cm³/mol. The van der Waals surface area contributed by atoms with Crippen molar-refractivity contribution in [3.8, 4) is 0 Å². The van der Waals surface area contributed by atoms with Crippen LogP contribution in [0.1, 0.15) is 19.4 Å². The minimum atomic E-state index is -0.545. The smallest absolute Gasteiger partial charge is 0.226 e. The lowest BCUT2D eigenvalue weighted by atomic mass is 10.2. The summed E-state index contributed by atoms with van der Waals surface area (Å²) >= 11 is 5.64. The second kappa shape index (κ2) is 5.84. The minimum absolute atomic E-state index is 0.0436. The molecule has 0 bridgehead atoms. The molecule has 0 radical (unpaired) electrons. The third kappa shape index (κ3) is 3.54. The molecule has 6 heteroatoms. The first kappa shape index (κ1) is 13.5. The highest BCUT2D eigenvalue weighted by Gasteiger charge is 2.12. The lowest BCUT2D eigenvalue weighted by molar-refractivity contribution is -0.116. The third-order valence-corrected chi connectivity index (χ3v) is 2.95. The van der Waals surface area contributed by atoms with Crippen LogP contribution in [0.2, 0.25) is 5.02 Å². The lowest BCUT2D eigenvalue weighted by Gasteiger charge is -2.13. The number of hydrogen-bond donors (Lipinski definition) is 1. The van der Waals surface area contributed by atoms with Gasteiger partial charge >= 0.3 is 0 Å². The number of imidazole rings is 1. The molecule has 4 nitrogen and oxygen atoms in total. The lowest BCUT2D eigenvalue weighted by Crippen LogP contribution is -2.17. The zero-order chi connectivity index (χ0) is 13.8. The fraction of sp³-hybridized carbons (Fsp3) is 0.231.